The van der Waals surface area contributed by atoms with Gasteiger partial charge in [0.25, 0.3) is 0 Å². The molecular weight excluding hydrogens is 232 g/mol. The second kappa shape index (κ2) is 4.91. The highest BCUT2D eigenvalue weighted by atomic mass is 16.2. The number of hydrogen-bond donors (Lipinski definition) is 2. The highest BCUT2D eigenvalue weighted by Crippen LogP contribution is 2.10. The number of rotatable bonds is 4. The van der Waals surface area contributed by atoms with Gasteiger partial charge in [0.2, 0.25) is 5.91 Å². The fourth-order valence-electron chi connectivity index (χ4n) is 1.52. The summed E-state index contributed by atoms with van der Waals surface area (Å²) in [5.74, 6) is 0.748. The molecule has 0 aliphatic carbocycles. The van der Waals surface area contributed by atoms with Crippen LogP contribution in [0.3, 0.4) is 0 Å². The Hall–Kier alpha value is -2.31. The number of nitrogens with one attached hydrogen (secondary N) is 1. The lowest BCUT2D eigenvalue weighted by Crippen LogP contribution is -2.24. The van der Waals surface area contributed by atoms with Gasteiger partial charge in [-0.2, -0.15) is 10.2 Å². The van der Waals surface area contributed by atoms with E-state index in [0.29, 0.717) is 11.6 Å². The molecular formula is C11H16N6O. The molecule has 0 bridgehead atoms. The van der Waals surface area contributed by atoms with E-state index >= 15 is 0 Å². The average molecular weight is 248 g/mol. The Bertz CT molecular complexity index is 543. The maximum atomic E-state index is 12.0. The maximum Gasteiger partial charge on any atom is 0.250 e. The maximum absolute atomic E-state index is 12.0. The van der Waals surface area contributed by atoms with Crippen LogP contribution in [0.15, 0.2) is 24.5 Å². The molecule has 0 aliphatic rings. The quantitative estimate of drug-likeness (QED) is 0.840. The monoisotopic (exact) mass is 248 g/mol. The normalized spacial score (nSPS) is 12.3. The van der Waals surface area contributed by atoms with Crippen LogP contribution in [-0.4, -0.2) is 25.5 Å². The van der Waals surface area contributed by atoms with E-state index in [-0.39, 0.29) is 5.91 Å². The third-order valence-electron chi connectivity index (χ3n) is 2.62. The molecule has 0 aliphatic heterocycles. The van der Waals surface area contributed by atoms with E-state index in [9.17, 15) is 4.79 Å². The zero-order valence-electron chi connectivity index (χ0n) is 10.4. The first-order chi connectivity index (χ1) is 8.60. The summed E-state index contributed by atoms with van der Waals surface area (Å²) >= 11 is 0. The number of nitrogens with zero attached hydrogens (tertiary/aromatic N) is 4. The minimum absolute atomic E-state index is 0.181. The summed E-state index contributed by atoms with van der Waals surface area (Å²) in [5, 5.41) is 10.9. The third-order valence-corrected chi connectivity index (χ3v) is 2.62. The van der Waals surface area contributed by atoms with Crippen LogP contribution >= 0.6 is 0 Å². The molecule has 0 saturated carbocycles. The van der Waals surface area contributed by atoms with Crippen molar-refractivity contribution in [3.63, 3.8) is 0 Å². The highest BCUT2D eigenvalue weighted by Gasteiger charge is 2.16. The second-order valence-electron chi connectivity index (χ2n) is 3.94. The molecule has 3 N–H and O–H groups in total. The number of carbonyl (C=O) groups is 1. The third kappa shape index (κ3) is 2.50. The van der Waals surface area contributed by atoms with Crippen molar-refractivity contribution in [1.82, 2.24) is 19.6 Å². The first-order valence-electron chi connectivity index (χ1n) is 5.75. The van der Waals surface area contributed by atoms with Crippen LogP contribution in [0.4, 0.5) is 11.6 Å². The number of aromatic nitrogens is 4. The fraction of sp³-hybridized carbons (Fsp3) is 0.364. The lowest BCUT2D eigenvalue weighted by Gasteiger charge is -2.10. The van der Waals surface area contributed by atoms with Crippen LogP contribution in [0.25, 0.3) is 0 Å². The van der Waals surface area contributed by atoms with E-state index in [0.717, 1.165) is 6.54 Å². The Morgan fingerprint density at radius 3 is 2.78 bits per heavy atom. The van der Waals surface area contributed by atoms with Crippen LogP contribution in [0.1, 0.15) is 19.9 Å². The summed E-state index contributed by atoms with van der Waals surface area (Å²) < 4.78 is 3.26. The van der Waals surface area contributed by atoms with Crippen molar-refractivity contribution in [1.29, 1.82) is 0 Å². The molecule has 2 heterocycles. The van der Waals surface area contributed by atoms with Crippen LogP contribution in [-0.2, 0) is 11.3 Å². The van der Waals surface area contributed by atoms with Crippen LogP contribution in [0.5, 0.6) is 0 Å². The van der Waals surface area contributed by atoms with Gasteiger partial charge in [-0.3, -0.25) is 14.2 Å². The number of hydrogen-bond acceptors (Lipinski definition) is 4. The molecule has 0 fully saturated rings. The van der Waals surface area contributed by atoms with Gasteiger partial charge in [-0.1, -0.05) is 0 Å². The Balaban J connectivity index is 2.03. The van der Waals surface area contributed by atoms with E-state index in [1.54, 1.807) is 29.9 Å². The fourth-order valence-corrected chi connectivity index (χ4v) is 1.52. The molecule has 7 heteroatoms. The number of aryl methyl sites for hydroxylation is 1. The van der Waals surface area contributed by atoms with Gasteiger partial charge in [-0.25, -0.2) is 0 Å². The van der Waals surface area contributed by atoms with Crippen molar-refractivity contribution < 1.29 is 4.79 Å². The smallest absolute Gasteiger partial charge is 0.250 e. The molecule has 7 nitrogen and oxygen atoms in total. The van der Waals surface area contributed by atoms with E-state index in [1.165, 1.54) is 4.68 Å². The van der Waals surface area contributed by atoms with E-state index < -0.39 is 6.04 Å². The van der Waals surface area contributed by atoms with E-state index in [4.69, 9.17) is 5.73 Å². The Labute approximate surface area is 105 Å². The number of amides is 1. The minimum Gasteiger partial charge on any atom is -0.382 e. The van der Waals surface area contributed by atoms with Crippen molar-refractivity contribution in [2.75, 3.05) is 11.1 Å². The lowest BCUT2D eigenvalue weighted by atomic mass is 10.3. The highest BCUT2D eigenvalue weighted by molar-refractivity contribution is 5.92. The summed E-state index contributed by atoms with van der Waals surface area (Å²) in [6.45, 7) is 4.49. The lowest BCUT2D eigenvalue weighted by molar-refractivity contribution is -0.119. The average Bonchev–Trinajstić information content (AvgIpc) is 2.97. The second-order valence-corrected chi connectivity index (χ2v) is 3.94. The van der Waals surface area contributed by atoms with Gasteiger partial charge in [0.05, 0.1) is 0 Å². The molecule has 2 aromatic heterocycles. The largest absolute Gasteiger partial charge is 0.382 e. The van der Waals surface area contributed by atoms with Crippen LogP contribution in [0.2, 0.25) is 0 Å². The molecule has 0 radical (unpaired) electrons. The summed E-state index contributed by atoms with van der Waals surface area (Å²) in [4.78, 5) is 12.0. The Kier molecular flexibility index (Phi) is 3.31. The predicted molar refractivity (Wildman–Crippen MR) is 67.9 cm³/mol. The van der Waals surface area contributed by atoms with Crippen molar-refractivity contribution in [2.45, 2.75) is 26.4 Å². The van der Waals surface area contributed by atoms with Crippen molar-refractivity contribution in [3.8, 4) is 0 Å². The van der Waals surface area contributed by atoms with Crippen molar-refractivity contribution in [2.24, 2.45) is 0 Å². The zero-order valence-corrected chi connectivity index (χ0v) is 10.4. The SMILES string of the molecule is CCn1ccc(NC(=O)C(C)n2ccc(N)n2)n1. The van der Waals surface area contributed by atoms with Crippen LogP contribution < -0.4 is 11.1 Å². The first-order valence-corrected chi connectivity index (χ1v) is 5.75. The topological polar surface area (TPSA) is 90.8 Å². The molecule has 1 unspecified atom stereocenters. The number of carbonyl (C=O) groups excluding carboxylic acids is 1. The Morgan fingerprint density at radius 1 is 1.44 bits per heavy atom. The van der Waals surface area contributed by atoms with Crippen molar-refractivity contribution >= 4 is 17.5 Å². The van der Waals surface area contributed by atoms with Crippen molar-refractivity contribution in [3.05, 3.63) is 24.5 Å². The van der Waals surface area contributed by atoms with Gasteiger partial charge >= 0.3 is 0 Å². The summed E-state index contributed by atoms with van der Waals surface area (Å²) in [6, 6.07) is 2.97. The number of anilines is 2. The van der Waals surface area contributed by atoms with Gasteiger partial charge in [-0.15, -0.1) is 0 Å². The van der Waals surface area contributed by atoms with E-state index in [1.807, 2.05) is 13.1 Å². The van der Waals surface area contributed by atoms with Gasteiger partial charge in [0.1, 0.15) is 11.9 Å². The summed E-state index contributed by atoms with van der Waals surface area (Å²) in [6.07, 6.45) is 3.48. The molecule has 1 amide bonds. The van der Waals surface area contributed by atoms with Crippen LogP contribution in [0, 0.1) is 0 Å². The van der Waals surface area contributed by atoms with E-state index in [2.05, 4.69) is 15.5 Å². The molecule has 2 rings (SSSR count). The summed E-state index contributed by atoms with van der Waals surface area (Å²) in [7, 11) is 0. The molecule has 0 saturated heterocycles. The molecule has 1 atom stereocenters. The number of nitrogens with two attached hydrogens (primary N) is 1. The van der Waals surface area contributed by atoms with Gasteiger partial charge in [-0.05, 0) is 19.9 Å². The van der Waals surface area contributed by atoms with Gasteiger partial charge in [0.15, 0.2) is 5.82 Å². The minimum atomic E-state index is -0.436. The predicted octanol–water partition coefficient (Wildman–Crippen LogP) is 0.881. The molecule has 0 spiro atoms. The zero-order chi connectivity index (χ0) is 13.1. The molecule has 18 heavy (non-hydrogen) atoms. The number of nitrogen functional groups attached to an aromatic ring is 1. The standard InChI is InChI=1S/C11H16N6O/c1-3-16-6-5-10(15-16)13-11(18)8(2)17-7-4-9(12)14-17/h4-8H,3H2,1-2H3,(H2,12,14)(H,13,15,18). The van der Waals surface area contributed by atoms with Gasteiger partial charge < -0.3 is 11.1 Å². The van der Waals surface area contributed by atoms with Gasteiger partial charge in [0, 0.05) is 25.0 Å². The Morgan fingerprint density at radius 2 is 2.22 bits per heavy atom. The molecule has 96 valence electrons. The first kappa shape index (κ1) is 12.2. The molecule has 0 aromatic carbocycles. The molecule has 2 aromatic rings. The summed E-state index contributed by atoms with van der Waals surface area (Å²) in [5.41, 5.74) is 5.51.